The van der Waals surface area contributed by atoms with Crippen molar-refractivity contribution in [2.45, 2.75) is 32.1 Å². The van der Waals surface area contributed by atoms with Crippen LogP contribution < -0.4 is 5.32 Å². The normalized spacial score (nSPS) is 25.8. The van der Waals surface area contributed by atoms with Crippen LogP contribution in [0.15, 0.2) is 18.2 Å². The summed E-state index contributed by atoms with van der Waals surface area (Å²) in [4.78, 5) is 0. The van der Waals surface area contributed by atoms with Gasteiger partial charge in [0.1, 0.15) is 0 Å². The van der Waals surface area contributed by atoms with Crippen LogP contribution >= 0.6 is 0 Å². The van der Waals surface area contributed by atoms with Gasteiger partial charge >= 0.3 is 0 Å². The molecule has 2 atom stereocenters. The van der Waals surface area contributed by atoms with Crippen molar-refractivity contribution in [2.75, 3.05) is 12.4 Å². The summed E-state index contributed by atoms with van der Waals surface area (Å²) in [7, 11) is 1.98. The Labute approximate surface area is 80.2 Å². The zero-order chi connectivity index (χ0) is 9.42. The van der Waals surface area contributed by atoms with Crippen LogP contribution in [0.4, 0.5) is 5.69 Å². The van der Waals surface area contributed by atoms with Gasteiger partial charge in [0.05, 0.1) is 0 Å². The van der Waals surface area contributed by atoms with Crippen molar-refractivity contribution >= 4 is 5.69 Å². The SMILES string of the molecule is CNc1ccc2c(c1)C(C)CC2C. The fourth-order valence-corrected chi connectivity index (χ4v) is 2.39. The van der Waals surface area contributed by atoms with Crippen LogP contribution in [0.3, 0.4) is 0 Å². The van der Waals surface area contributed by atoms with E-state index in [4.69, 9.17) is 0 Å². The molecule has 0 heterocycles. The first-order valence-electron chi connectivity index (χ1n) is 5.04. The molecule has 2 unspecified atom stereocenters. The van der Waals surface area contributed by atoms with E-state index >= 15 is 0 Å². The lowest BCUT2D eigenvalue weighted by atomic mass is 10.0. The van der Waals surface area contributed by atoms with Crippen molar-refractivity contribution in [3.05, 3.63) is 29.3 Å². The van der Waals surface area contributed by atoms with Crippen LogP contribution in [0, 0.1) is 0 Å². The first kappa shape index (κ1) is 8.61. The third-order valence-electron chi connectivity index (χ3n) is 3.14. The summed E-state index contributed by atoms with van der Waals surface area (Å²) in [5.74, 6) is 1.48. The zero-order valence-electron chi connectivity index (χ0n) is 8.59. The number of rotatable bonds is 1. The molecule has 13 heavy (non-hydrogen) atoms. The first-order chi connectivity index (χ1) is 6.22. The summed E-state index contributed by atoms with van der Waals surface area (Å²) in [5, 5.41) is 3.19. The van der Waals surface area contributed by atoms with Gasteiger partial charge in [-0.25, -0.2) is 0 Å². The summed E-state index contributed by atoms with van der Waals surface area (Å²) in [6.45, 7) is 4.64. The van der Waals surface area contributed by atoms with E-state index in [0.29, 0.717) is 0 Å². The van der Waals surface area contributed by atoms with Gasteiger partial charge in [-0.3, -0.25) is 0 Å². The quantitative estimate of drug-likeness (QED) is 0.690. The van der Waals surface area contributed by atoms with Gasteiger partial charge in [0, 0.05) is 12.7 Å². The average Bonchev–Trinajstić information content (AvgIpc) is 2.42. The van der Waals surface area contributed by atoms with Gasteiger partial charge in [-0.2, -0.15) is 0 Å². The summed E-state index contributed by atoms with van der Waals surface area (Å²) < 4.78 is 0. The molecule has 0 aliphatic heterocycles. The highest BCUT2D eigenvalue weighted by Crippen LogP contribution is 2.41. The molecule has 1 heteroatoms. The molecule has 0 amide bonds. The maximum Gasteiger partial charge on any atom is 0.0340 e. The average molecular weight is 175 g/mol. The molecule has 2 rings (SSSR count). The smallest absolute Gasteiger partial charge is 0.0340 e. The van der Waals surface area contributed by atoms with Gasteiger partial charge in [0.15, 0.2) is 0 Å². The van der Waals surface area contributed by atoms with Crippen LogP contribution in [0.5, 0.6) is 0 Å². The van der Waals surface area contributed by atoms with E-state index in [0.717, 1.165) is 11.8 Å². The maximum atomic E-state index is 3.19. The van der Waals surface area contributed by atoms with Crippen LogP contribution in [0.1, 0.15) is 43.2 Å². The highest BCUT2D eigenvalue weighted by Gasteiger charge is 2.24. The fourth-order valence-electron chi connectivity index (χ4n) is 2.39. The Kier molecular flexibility index (Phi) is 2.03. The van der Waals surface area contributed by atoms with Gasteiger partial charge in [-0.15, -0.1) is 0 Å². The molecule has 1 aromatic carbocycles. The lowest BCUT2D eigenvalue weighted by molar-refractivity contribution is 0.661. The number of nitrogens with one attached hydrogen (secondary N) is 1. The van der Waals surface area contributed by atoms with Crippen molar-refractivity contribution in [3.8, 4) is 0 Å². The van der Waals surface area contributed by atoms with E-state index < -0.39 is 0 Å². The lowest BCUT2D eigenvalue weighted by Gasteiger charge is -2.07. The Hall–Kier alpha value is -0.980. The largest absolute Gasteiger partial charge is 0.388 e. The number of benzene rings is 1. The molecule has 0 fully saturated rings. The molecule has 1 aromatic rings. The maximum absolute atomic E-state index is 3.19. The topological polar surface area (TPSA) is 12.0 Å². The molecule has 0 saturated heterocycles. The predicted octanol–water partition coefficient (Wildman–Crippen LogP) is 3.34. The first-order valence-corrected chi connectivity index (χ1v) is 5.04. The second kappa shape index (κ2) is 3.06. The van der Waals surface area contributed by atoms with Gasteiger partial charge < -0.3 is 5.32 Å². The van der Waals surface area contributed by atoms with Crippen LogP contribution in [-0.2, 0) is 0 Å². The summed E-state index contributed by atoms with van der Waals surface area (Å²) in [6.07, 6.45) is 1.31. The van der Waals surface area contributed by atoms with Gasteiger partial charge in [0.25, 0.3) is 0 Å². The molecule has 70 valence electrons. The third-order valence-corrected chi connectivity index (χ3v) is 3.14. The molecule has 0 spiro atoms. The monoisotopic (exact) mass is 175 g/mol. The van der Waals surface area contributed by atoms with Crippen LogP contribution in [0.2, 0.25) is 0 Å². The van der Waals surface area contributed by atoms with Crippen molar-refractivity contribution in [3.63, 3.8) is 0 Å². The fraction of sp³-hybridized carbons (Fsp3) is 0.500. The van der Waals surface area contributed by atoms with Crippen LogP contribution in [-0.4, -0.2) is 7.05 Å². The summed E-state index contributed by atoms with van der Waals surface area (Å²) in [5.41, 5.74) is 4.32. The number of hydrogen-bond acceptors (Lipinski definition) is 1. The molecule has 0 radical (unpaired) electrons. The van der Waals surface area contributed by atoms with Crippen molar-refractivity contribution in [1.29, 1.82) is 0 Å². The Morgan fingerprint density at radius 3 is 2.54 bits per heavy atom. The molecule has 0 saturated carbocycles. The standard InChI is InChI=1S/C12H17N/c1-8-6-9(2)12-7-10(13-3)4-5-11(8)12/h4-5,7-9,13H,6H2,1-3H3. The van der Waals surface area contributed by atoms with Crippen LogP contribution in [0.25, 0.3) is 0 Å². The van der Waals surface area contributed by atoms with E-state index in [1.165, 1.54) is 12.1 Å². The second-order valence-corrected chi connectivity index (χ2v) is 4.13. The molecule has 1 aliphatic rings. The Balaban J connectivity index is 2.46. The third kappa shape index (κ3) is 1.32. The number of fused-ring (bicyclic) bond motifs is 1. The van der Waals surface area contributed by atoms with E-state index in [-0.39, 0.29) is 0 Å². The Morgan fingerprint density at radius 2 is 1.85 bits per heavy atom. The second-order valence-electron chi connectivity index (χ2n) is 4.13. The minimum Gasteiger partial charge on any atom is -0.388 e. The highest BCUT2D eigenvalue weighted by molar-refractivity contribution is 5.51. The molecule has 0 bridgehead atoms. The Bertz CT molecular complexity index is 317. The van der Waals surface area contributed by atoms with E-state index in [2.05, 4.69) is 37.4 Å². The number of hydrogen-bond donors (Lipinski definition) is 1. The van der Waals surface area contributed by atoms with E-state index in [9.17, 15) is 0 Å². The number of anilines is 1. The van der Waals surface area contributed by atoms with E-state index in [1.54, 1.807) is 11.1 Å². The van der Waals surface area contributed by atoms with Gasteiger partial charge in [-0.05, 0) is 41.5 Å². The molecule has 0 aromatic heterocycles. The molecular weight excluding hydrogens is 158 g/mol. The van der Waals surface area contributed by atoms with Gasteiger partial charge in [-0.1, -0.05) is 19.9 Å². The van der Waals surface area contributed by atoms with Crippen molar-refractivity contribution in [1.82, 2.24) is 0 Å². The van der Waals surface area contributed by atoms with Crippen molar-refractivity contribution < 1.29 is 0 Å². The summed E-state index contributed by atoms with van der Waals surface area (Å²) in [6, 6.07) is 6.74. The predicted molar refractivity (Wildman–Crippen MR) is 57.4 cm³/mol. The molecule has 1 N–H and O–H groups in total. The minimum absolute atomic E-state index is 0.735. The Morgan fingerprint density at radius 1 is 1.15 bits per heavy atom. The molecule has 1 nitrogen and oxygen atoms in total. The molecule has 1 aliphatic carbocycles. The van der Waals surface area contributed by atoms with E-state index in [1.807, 2.05) is 7.05 Å². The van der Waals surface area contributed by atoms with Crippen molar-refractivity contribution in [2.24, 2.45) is 0 Å². The van der Waals surface area contributed by atoms with Gasteiger partial charge in [0.2, 0.25) is 0 Å². The highest BCUT2D eigenvalue weighted by atomic mass is 14.8. The summed E-state index contributed by atoms with van der Waals surface area (Å²) >= 11 is 0. The zero-order valence-corrected chi connectivity index (χ0v) is 8.59. The minimum atomic E-state index is 0.735. The lowest BCUT2D eigenvalue weighted by Crippen LogP contribution is -1.92. The molecular formula is C12H17N.